The van der Waals surface area contributed by atoms with E-state index in [4.69, 9.17) is 5.73 Å². The zero-order chi connectivity index (χ0) is 11.5. The Bertz CT molecular complexity index is 283. The van der Waals surface area contributed by atoms with E-state index in [-0.39, 0.29) is 11.8 Å². The molecule has 1 aliphatic heterocycles. The highest BCUT2D eigenvalue weighted by Crippen LogP contribution is 2.27. The van der Waals surface area contributed by atoms with Gasteiger partial charge in [0.25, 0.3) is 0 Å². The maximum Gasteiger partial charge on any atom is 0.240 e. The van der Waals surface area contributed by atoms with Gasteiger partial charge in [0, 0.05) is 19.0 Å². The van der Waals surface area contributed by atoms with Gasteiger partial charge in [-0.3, -0.25) is 4.79 Å². The summed E-state index contributed by atoms with van der Waals surface area (Å²) in [5.41, 5.74) is 5.98. The second-order valence-electron chi connectivity index (χ2n) is 4.76. The van der Waals surface area contributed by atoms with E-state index in [1.54, 1.807) is 4.90 Å². The minimum atomic E-state index is -0.532. The second kappa shape index (κ2) is 4.97. The molecular formula is C12H20N2O2. The Balaban J connectivity index is 1.94. The van der Waals surface area contributed by atoms with Gasteiger partial charge in [-0.2, -0.15) is 0 Å². The van der Waals surface area contributed by atoms with Crippen LogP contribution in [0.15, 0.2) is 12.2 Å². The Morgan fingerprint density at radius 1 is 1.31 bits per heavy atom. The smallest absolute Gasteiger partial charge is 0.240 e. The van der Waals surface area contributed by atoms with Gasteiger partial charge in [0.05, 0.1) is 12.1 Å². The lowest BCUT2D eigenvalue weighted by Gasteiger charge is -2.33. The summed E-state index contributed by atoms with van der Waals surface area (Å²) < 4.78 is 0. The fourth-order valence-corrected chi connectivity index (χ4v) is 2.61. The predicted molar refractivity (Wildman–Crippen MR) is 61.7 cm³/mol. The molecular weight excluding hydrogens is 204 g/mol. The number of hydrogen-bond donors (Lipinski definition) is 2. The maximum atomic E-state index is 12.0. The molecule has 4 heteroatoms. The zero-order valence-electron chi connectivity index (χ0n) is 9.51. The van der Waals surface area contributed by atoms with E-state index in [2.05, 4.69) is 0 Å². The van der Waals surface area contributed by atoms with Gasteiger partial charge < -0.3 is 15.7 Å². The SMILES string of the molecule is N[C@@H](C(=O)N1CC=CC1)[C@@H]1CCCC[C@H]1O. The van der Waals surface area contributed by atoms with E-state index in [1.165, 1.54) is 0 Å². The molecule has 2 aliphatic rings. The highest BCUT2D eigenvalue weighted by atomic mass is 16.3. The van der Waals surface area contributed by atoms with Gasteiger partial charge in [-0.25, -0.2) is 0 Å². The third-order valence-electron chi connectivity index (χ3n) is 3.66. The van der Waals surface area contributed by atoms with Gasteiger partial charge in [0.2, 0.25) is 5.91 Å². The van der Waals surface area contributed by atoms with Crippen molar-refractivity contribution in [1.82, 2.24) is 4.90 Å². The largest absolute Gasteiger partial charge is 0.393 e. The molecule has 90 valence electrons. The average molecular weight is 224 g/mol. The standard InChI is InChI=1S/C12H20N2O2/c13-11(9-5-1-2-6-10(9)15)12(16)14-7-3-4-8-14/h3-4,9-11,15H,1-2,5-8,13H2/t9-,10-,11-/m1/s1. The van der Waals surface area contributed by atoms with E-state index in [0.29, 0.717) is 13.1 Å². The maximum absolute atomic E-state index is 12.0. The first kappa shape index (κ1) is 11.6. The Morgan fingerprint density at radius 3 is 2.56 bits per heavy atom. The molecule has 0 radical (unpaired) electrons. The third kappa shape index (κ3) is 2.28. The van der Waals surface area contributed by atoms with Crippen molar-refractivity contribution in [2.45, 2.75) is 37.8 Å². The number of carbonyl (C=O) groups is 1. The van der Waals surface area contributed by atoms with Gasteiger partial charge in [-0.1, -0.05) is 25.0 Å². The molecule has 0 aromatic carbocycles. The van der Waals surface area contributed by atoms with Gasteiger partial charge >= 0.3 is 0 Å². The van der Waals surface area contributed by atoms with Crippen LogP contribution in [-0.2, 0) is 4.79 Å². The molecule has 1 aliphatic carbocycles. The molecule has 3 atom stereocenters. The Labute approximate surface area is 96.1 Å². The highest BCUT2D eigenvalue weighted by Gasteiger charge is 2.34. The minimum absolute atomic E-state index is 0.0176. The Kier molecular flexibility index (Phi) is 3.61. The van der Waals surface area contributed by atoms with Crippen molar-refractivity contribution in [3.8, 4) is 0 Å². The van der Waals surface area contributed by atoms with E-state index < -0.39 is 12.1 Å². The molecule has 0 spiro atoms. The van der Waals surface area contributed by atoms with Crippen molar-refractivity contribution in [3.05, 3.63) is 12.2 Å². The molecule has 1 saturated carbocycles. The number of rotatable bonds is 2. The summed E-state index contributed by atoms with van der Waals surface area (Å²) in [5, 5.41) is 9.86. The molecule has 2 rings (SSSR count). The van der Waals surface area contributed by atoms with E-state index >= 15 is 0 Å². The predicted octanol–water partition coefficient (Wildman–Crippen LogP) is 0.263. The summed E-state index contributed by atoms with van der Waals surface area (Å²) >= 11 is 0. The molecule has 0 unspecified atom stereocenters. The summed E-state index contributed by atoms with van der Waals surface area (Å²) in [6, 6.07) is -0.532. The van der Waals surface area contributed by atoms with Crippen molar-refractivity contribution in [2.24, 2.45) is 11.7 Å². The van der Waals surface area contributed by atoms with Crippen LogP contribution in [0.4, 0.5) is 0 Å². The van der Waals surface area contributed by atoms with Crippen LogP contribution in [0, 0.1) is 5.92 Å². The Morgan fingerprint density at radius 2 is 1.94 bits per heavy atom. The fraction of sp³-hybridized carbons (Fsp3) is 0.750. The fourth-order valence-electron chi connectivity index (χ4n) is 2.61. The normalized spacial score (nSPS) is 31.8. The zero-order valence-corrected chi connectivity index (χ0v) is 9.51. The topological polar surface area (TPSA) is 66.6 Å². The van der Waals surface area contributed by atoms with Crippen LogP contribution in [0.3, 0.4) is 0 Å². The molecule has 0 aromatic rings. The number of nitrogens with zero attached hydrogens (tertiary/aromatic N) is 1. The quantitative estimate of drug-likeness (QED) is 0.661. The van der Waals surface area contributed by atoms with Crippen LogP contribution in [0.1, 0.15) is 25.7 Å². The molecule has 16 heavy (non-hydrogen) atoms. The molecule has 0 aromatic heterocycles. The molecule has 0 bridgehead atoms. The first-order chi connectivity index (χ1) is 7.70. The summed E-state index contributed by atoms with van der Waals surface area (Å²) in [7, 11) is 0. The van der Waals surface area contributed by atoms with Gasteiger partial charge in [-0.15, -0.1) is 0 Å². The van der Waals surface area contributed by atoms with Crippen LogP contribution in [0.5, 0.6) is 0 Å². The van der Waals surface area contributed by atoms with Crippen LogP contribution < -0.4 is 5.73 Å². The van der Waals surface area contributed by atoms with Crippen molar-refractivity contribution in [2.75, 3.05) is 13.1 Å². The number of hydrogen-bond acceptors (Lipinski definition) is 3. The lowest BCUT2D eigenvalue weighted by Crippen LogP contribution is -2.51. The number of aliphatic hydroxyl groups excluding tert-OH is 1. The van der Waals surface area contributed by atoms with Crippen LogP contribution in [0.25, 0.3) is 0 Å². The molecule has 1 amide bonds. The molecule has 1 heterocycles. The number of aliphatic hydroxyl groups is 1. The van der Waals surface area contributed by atoms with Crippen molar-refractivity contribution in [3.63, 3.8) is 0 Å². The van der Waals surface area contributed by atoms with Crippen LogP contribution >= 0.6 is 0 Å². The Hall–Kier alpha value is -0.870. The lowest BCUT2D eigenvalue weighted by molar-refractivity contribution is -0.134. The third-order valence-corrected chi connectivity index (χ3v) is 3.66. The molecule has 1 fully saturated rings. The molecule has 3 N–H and O–H groups in total. The van der Waals surface area contributed by atoms with Crippen LogP contribution in [0.2, 0.25) is 0 Å². The minimum Gasteiger partial charge on any atom is -0.393 e. The van der Waals surface area contributed by atoms with E-state index in [9.17, 15) is 9.90 Å². The first-order valence-electron chi connectivity index (χ1n) is 6.07. The molecule has 4 nitrogen and oxygen atoms in total. The van der Waals surface area contributed by atoms with Gasteiger partial charge in [0.15, 0.2) is 0 Å². The lowest BCUT2D eigenvalue weighted by atomic mass is 9.81. The van der Waals surface area contributed by atoms with Gasteiger partial charge in [-0.05, 0) is 12.8 Å². The van der Waals surface area contributed by atoms with E-state index in [1.807, 2.05) is 12.2 Å². The van der Waals surface area contributed by atoms with Gasteiger partial charge in [0.1, 0.15) is 0 Å². The monoisotopic (exact) mass is 224 g/mol. The number of nitrogens with two attached hydrogens (primary N) is 1. The molecule has 0 saturated heterocycles. The number of carbonyl (C=O) groups excluding carboxylic acids is 1. The van der Waals surface area contributed by atoms with Crippen molar-refractivity contribution >= 4 is 5.91 Å². The summed E-state index contributed by atoms with van der Waals surface area (Å²) in [4.78, 5) is 13.8. The first-order valence-corrected chi connectivity index (χ1v) is 6.07. The number of amides is 1. The summed E-state index contributed by atoms with van der Waals surface area (Å²) in [6.07, 6.45) is 7.32. The van der Waals surface area contributed by atoms with Crippen molar-refractivity contribution in [1.29, 1.82) is 0 Å². The van der Waals surface area contributed by atoms with Crippen LogP contribution in [-0.4, -0.2) is 41.1 Å². The summed E-state index contributed by atoms with van der Waals surface area (Å²) in [5.74, 6) is -0.0715. The average Bonchev–Trinajstić information content (AvgIpc) is 2.81. The summed E-state index contributed by atoms with van der Waals surface area (Å²) in [6.45, 7) is 1.32. The van der Waals surface area contributed by atoms with E-state index in [0.717, 1.165) is 25.7 Å². The second-order valence-corrected chi connectivity index (χ2v) is 4.76. The van der Waals surface area contributed by atoms with Crippen molar-refractivity contribution < 1.29 is 9.90 Å². The highest BCUT2D eigenvalue weighted by molar-refractivity contribution is 5.82.